The monoisotopic (exact) mass is 232 g/mol. The summed E-state index contributed by atoms with van der Waals surface area (Å²) in [6, 6.07) is 2.80. The van der Waals surface area contributed by atoms with Gasteiger partial charge in [0.25, 0.3) is 0 Å². The zero-order chi connectivity index (χ0) is 12.1. The van der Waals surface area contributed by atoms with Gasteiger partial charge in [0, 0.05) is 31.4 Å². The van der Waals surface area contributed by atoms with E-state index >= 15 is 0 Å². The largest absolute Gasteiger partial charge is 0.308 e. The molecule has 1 aliphatic rings. The molecule has 1 aliphatic carbocycles. The number of hydrogen-bond donors (Lipinski definition) is 1. The summed E-state index contributed by atoms with van der Waals surface area (Å²) in [7, 11) is 1.92. The molecule has 17 heavy (non-hydrogen) atoms. The lowest BCUT2D eigenvalue weighted by Gasteiger charge is -2.20. The summed E-state index contributed by atoms with van der Waals surface area (Å²) in [5, 5.41) is 16.8. The summed E-state index contributed by atoms with van der Waals surface area (Å²) in [5.41, 5.74) is 1.19. The van der Waals surface area contributed by atoms with Crippen molar-refractivity contribution in [2.75, 3.05) is 0 Å². The molecule has 0 aliphatic heterocycles. The Morgan fingerprint density at radius 1 is 1.47 bits per heavy atom. The van der Waals surface area contributed by atoms with Crippen LogP contribution in [0.15, 0.2) is 12.4 Å². The molecular formula is C13H20N4. The predicted molar refractivity (Wildman–Crippen MR) is 66.0 cm³/mol. The van der Waals surface area contributed by atoms with E-state index in [1.165, 1.54) is 24.8 Å². The minimum atomic E-state index is 0.175. The van der Waals surface area contributed by atoms with Crippen molar-refractivity contribution in [1.82, 2.24) is 15.1 Å². The first-order valence-corrected chi connectivity index (χ1v) is 6.40. The van der Waals surface area contributed by atoms with E-state index < -0.39 is 0 Å². The average Bonchev–Trinajstić information content (AvgIpc) is 2.63. The molecule has 92 valence electrons. The third kappa shape index (κ3) is 3.31. The SMILES string of the molecule is Cn1cc(CNC2CCCCCC2C#N)cn1. The second-order valence-electron chi connectivity index (χ2n) is 4.88. The van der Waals surface area contributed by atoms with Crippen LogP contribution >= 0.6 is 0 Å². The highest BCUT2D eigenvalue weighted by Crippen LogP contribution is 2.23. The Morgan fingerprint density at radius 2 is 2.29 bits per heavy atom. The van der Waals surface area contributed by atoms with Crippen LogP contribution in [0.2, 0.25) is 0 Å². The second-order valence-corrected chi connectivity index (χ2v) is 4.88. The van der Waals surface area contributed by atoms with Gasteiger partial charge < -0.3 is 5.32 Å². The number of rotatable bonds is 3. The van der Waals surface area contributed by atoms with E-state index in [1.807, 2.05) is 24.1 Å². The Labute approximate surface area is 103 Å². The first kappa shape index (κ1) is 12.1. The Morgan fingerprint density at radius 3 is 3.00 bits per heavy atom. The van der Waals surface area contributed by atoms with Crippen molar-refractivity contribution in [3.63, 3.8) is 0 Å². The van der Waals surface area contributed by atoms with Crippen LogP contribution in [-0.4, -0.2) is 15.8 Å². The van der Waals surface area contributed by atoms with Gasteiger partial charge in [-0.1, -0.05) is 19.3 Å². The molecule has 0 aromatic carbocycles. The molecule has 1 aromatic heterocycles. The summed E-state index contributed by atoms with van der Waals surface area (Å²) in [6.45, 7) is 0.816. The number of nitrogens with one attached hydrogen (secondary N) is 1. The number of hydrogen-bond acceptors (Lipinski definition) is 3. The van der Waals surface area contributed by atoms with Gasteiger partial charge in [0.1, 0.15) is 0 Å². The minimum Gasteiger partial charge on any atom is -0.308 e. The fraction of sp³-hybridized carbons (Fsp3) is 0.692. The molecule has 4 heteroatoms. The van der Waals surface area contributed by atoms with E-state index in [0.29, 0.717) is 6.04 Å². The highest BCUT2D eigenvalue weighted by atomic mass is 15.2. The lowest BCUT2D eigenvalue weighted by molar-refractivity contribution is 0.393. The van der Waals surface area contributed by atoms with Crippen molar-refractivity contribution in [3.8, 4) is 6.07 Å². The van der Waals surface area contributed by atoms with Crippen molar-refractivity contribution >= 4 is 0 Å². The molecule has 0 bridgehead atoms. The molecule has 2 atom stereocenters. The quantitative estimate of drug-likeness (QED) is 0.811. The van der Waals surface area contributed by atoms with Crippen molar-refractivity contribution in [3.05, 3.63) is 18.0 Å². The van der Waals surface area contributed by atoms with Gasteiger partial charge in [0.05, 0.1) is 18.2 Å². The number of nitrogens with zero attached hydrogens (tertiary/aromatic N) is 3. The molecule has 0 amide bonds. The molecule has 4 nitrogen and oxygen atoms in total. The highest BCUT2D eigenvalue weighted by Gasteiger charge is 2.22. The van der Waals surface area contributed by atoms with Gasteiger partial charge in [-0.15, -0.1) is 0 Å². The number of aryl methyl sites for hydroxylation is 1. The summed E-state index contributed by atoms with van der Waals surface area (Å²) in [5.74, 6) is 0.175. The highest BCUT2D eigenvalue weighted by molar-refractivity contribution is 5.04. The van der Waals surface area contributed by atoms with Gasteiger partial charge in [0.15, 0.2) is 0 Å². The smallest absolute Gasteiger partial charge is 0.0672 e. The minimum absolute atomic E-state index is 0.175. The van der Waals surface area contributed by atoms with Crippen LogP contribution in [-0.2, 0) is 13.6 Å². The third-order valence-electron chi connectivity index (χ3n) is 3.51. The fourth-order valence-corrected chi connectivity index (χ4v) is 2.52. The van der Waals surface area contributed by atoms with Gasteiger partial charge in [-0.05, 0) is 12.8 Å². The molecule has 0 spiro atoms. The van der Waals surface area contributed by atoms with Crippen LogP contribution in [0.3, 0.4) is 0 Å². The van der Waals surface area contributed by atoms with Gasteiger partial charge >= 0.3 is 0 Å². The van der Waals surface area contributed by atoms with Crippen LogP contribution < -0.4 is 5.32 Å². The molecule has 0 saturated heterocycles. The normalized spacial score (nSPS) is 25.2. The lowest BCUT2D eigenvalue weighted by Crippen LogP contribution is -2.34. The third-order valence-corrected chi connectivity index (χ3v) is 3.51. The van der Waals surface area contributed by atoms with E-state index in [9.17, 15) is 5.26 Å². The lowest BCUT2D eigenvalue weighted by atomic mass is 9.96. The summed E-state index contributed by atoms with van der Waals surface area (Å²) in [6.07, 6.45) is 9.77. The Balaban J connectivity index is 1.90. The van der Waals surface area contributed by atoms with Crippen LogP contribution in [0.4, 0.5) is 0 Å². The van der Waals surface area contributed by atoms with E-state index in [4.69, 9.17) is 0 Å². The van der Waals surface area contributed by atoms with Gasteiger partial charge in [-0.2, -0.15) is 10.4 Å². The molecule has 2 unspecified atom stereocenters. The average molecular weight is 232 g/mol. The number of nitriles is 1. The zero-order valence-electron chi connectivity index (χ0n) is 10.4. The molecule has 0 radical (unpaired) electrons. The van der Waals surface area contributed by atoms with Crippen molar-refractivity contribution < 1.29 is 0 Å². The van der Waals surface area contributed by atoms with E-state index in [0.717, 1.165) is 19.4 Å². The molecule has 1 N–H and O–H groups in total. The predicted octanol–water partition coefficient (Wildman–Crippen LogP) is 1.98. The fourth-order valence-electron chi connectivity index (χ4n) is 2.52. The van der Waals surface area contributed by atoms with E-state index in [1.54, 1.807) is 0 Å². The van der Waals surface area contributed by atoms with Crippen molar-refractivity contribution in [2.24, 2.45) is 13.0 Å². The maximum atomic E-state index is 9.18. The summed E-state index contributed by atoms with van der Waals surface area (Å²) < 4.78 is 1.81. The molecular weight excluding hydrogens is 212 g/mol. The van der Waals surface area contributed by atoms with Crippen LogP contribution in [0.1, 0.15) is 37.7 Å². The molecule has 1 saturated carbocycles. The van der Waals surface area contributed by atoms with Crippen LogP contribution in [0.5, 0.6) is 0 Å². The van der Waals surface area contributed by atoms with Crippen molar-refractivity contribution in [1.29, 1.82) is 5.26 Å². The van der Waals surface area contributed by atoms with Gasteiger partial charge in [-0.3, -0.25) is 4.68 Å². The standard InChI is InChI=1S/C13H20N4/c1-17-10-11(9-16-17)8-15-13-6-4-2-3-5-12(13)7-14/h9-10,12-13,15H,2-6,8H2,1H3. The molecule has 2 rings (SSSR count). The first-order chi connectivity index (χ1) is 8.29. The molecule has 1 aromatic rings. The maximum absolute atomic E-state index is 9.18. The topological polar surface area (TPSA) is 53.6 Å². The van der Waals surface area contributed by atoms with Crippen LogP contribution in [0, 0.1) is 17.2 Å². The first-order valence-electron chi connectivity index (χ1n) is 6.40. The van der Waals surface area contributed by atoms with E-state index in [-0.39, 0.29) is 5.92 Å². The Hall–Kier alpha value is -1.34. The second kappa shape index (κ2) is 5.83. The summed E-state index contributed by atoms with van der Waals surface area (Å²) >= 11 is 0. The Kier molecular flexibility index (Phi) is 4.16. The number of aromatic nitrogens is 2. The van der Waals surface area contributed by atoms with Crippen molar-refractivity contribution in [2.45, 2.75) is 44.7 Å². The molecule has 1 fully saturated rings. The molecule has 1 heterocycles. The van der Waals surface area contributed by atoms with E-state index in [2.05, 4.69) is 16.5 Å². The maximum Gasteiger partial charge on any atom is 0.0672 e. The van der Waals surface area contributed by atoms with Gasteiger partial charge in [0.2, 0.25) is 0 Å². The zero-order valence-corrected chi connectivity index (χ0v) is 10.4. The summed E-state index contributed by atoms with van der Waals surface area (Å²) in [4.78, 5) is 0. The van der Waals surface area contributed by atoms with Crippen LogP contribution in [0.25, 0.3) is 0 Å². The van der Waals surface area contributed by atoms with Gasteiger partial charge in [-0.25, -0.2) is 0 Å². The Bertz CT molecular complexity index is 390.